The number of hydrogen-bond donors (Lipinski definition) is 1. The predicted octanol–water partition coefficient (Wildman–Crippen LogP) is 4.37. The van der Waals surface area contributed by atoms with Gasteiger partial charge in [0, 0.05) is 18.3 Å². The normalized spacial score (nSPS) is 19.3. The van der Waals surface area contributed by atoms with E-state index in [-0.39, 0.29) is 11.7 Å². The Balaban J connectivity index is 3.07. The van der Waals surface area contributed by atoms with Gasteiger partial charge >= 0.3 is 5.97 Å². The van der Waals surface area contributed by atoms with Gasteiger partial charge in [0.15, 0.2) is 0 Å². The molecule has 0 fully saturated rings. The molecule has 24 heavy (non-hydrogen) atoms. The van der Waals surface area contributed by atoms with E-state index in [2.05, 4.69) is 38.7 Å². The van der Waals surface area contributed by atoms with Crippen molar-refractivity contribution in [2.24, 2.45) is 11.7 Å². The second-order valence-corrected chi connectivity index (χ2v) is 6.95. The summed E-state index contributed by atoms with van der Waals surface area (Å²) in [5, 5.41) is 0. The fraction of sp³-hybridized carbons (Fsp3) is 0.750. The Bertz CT molecular complexity index is 468. The Hall–Kier alpha value is -1.45. The van der Waals surface area contributed by atoms with E-state index in [9.17, 15) is 4.79 Å². The SMILES string of the molecule is CCCC(C)N(CC(C)CC)C1=C/C(=C(/N)C(=O)OCC)CCC1. The lowest BCUT2D eigenvalue weighted by Crippen LogP contribution is -2.36. The number of ether oxygens (including phenoxy) is 1. The molecule has 0 saturated carbocycles. The highest BCUT2D eigenvalue weighted by molar-refractivity contribution is 5.88. The lowest BCUT2D eigenvalue weighted by atomic mass is 9.94. The molecule has 0 heterocycles. The van der Waals surface area contributed by atoms with Gasteiger partial charge in [-0.3, -0.25) is 0 Å². The quantitative estimate of drug-likeness (QED) is 0.502. The van der Waals surface area contributed by atoms with Crippen LogP contribution in [0.1, 0.15) is 73.1 Å². The molecule has 0 radical (unpaired) electrons. The van der Waals surface area contributed by atoms with E-state index in [1.807, 2.05) is 0 Å². The van der Waals surface area contributed by atoms with Gasteiger partial charge in [-0.1, -0.05) is 33.6 Å². The molecule has 0 aliphatic heterocycles. The third-order valence-electron chi connectivity index (χ3n) is 4.87. The van der Waals surface area contributed by atoms with Crippen LogP contribution in [0.25, 0.3) is 0 Å². The van der Waals surface area contributed by atoms with Gasteiger partial charge in [-0.05, 0) is 57.1 Å². The van der Waals surface area contributed by atoms with Gasteiger partial charge in [-0.15, -0.1) is 0 Å². The van der Waals surface area contributed by atoms with E-state index in [4.69, 9.17) is 10.5 Å². The zero-order valence-electron chi connectivity index (χ0n) is 16.2. The maximum Gasteiger partial charge on any atom is 0.354 e. The molecule has 0 bridgehead atoms. The van der Waals surface area contributed by atoms with Crippen molar-refractivity contribution in [1.29, 1.82) is 0 Å². The van der Waals surface area contributed by atoms with Crippen molar-refractivity contribution in [3.8, 4) is 0 Å². The van der Waals surface area contributed by atoms with Crippen molar-refractivity contribution in [3.63, 3.8) is 0 Å². The number of allylic oxidation sites excluding steroid dienone is 3. The first kappa shape index (κ1) is 20.6. The van der Waals surface area contributed by atoms with Crippen LogP contribution in [0.4, 0.5) is 0 Å². The summed E-state index contributed by atoms with van der Waals surface area (Å²) in [4.78, 5) is 14.5. The van der Waals surface area contributed by atoms with Crippen LogP contribution >= 0.6 is 0 Å². The number of nitrogens with two attached hydrogens (primary N) is 1. The summed E-state index contributed by atoms with van der Waals surface area (Å²) in [5.74, 6) is 0.266. The molecule has 4 heteroatoms. The Labute approximate surface area is 148 Å². The molecule has 2 atom stereocenters. The van der Waals surface area contributed by atoms with Crippen molar-refractivity contribution in [2.75, 3.05) is 13.2 Å². The summed E-state index contributed by atoms with van der Waals surface area (Å²) < 4.78 is 5.06. The molecule has 0 amide bonds. The molecular weight excluding hydrogens is 300 g/mol. The van der Waals surface area contributed by atoms with Crippen molar-refractivity contribution < 1.29 is 9.53 Å². The van der Waals surface area contributed by atoms with Crippen LogP contribution in [0.2, 0.25) is 0 Å². The smallest absolute Gasteiger partial charge is 0.354 e. The molecule has 0 aromatic carbocycles. The summed E-state index contributed by atoms with van der Waals surface area (Å²) in [7, 11) is 0. The van der Waals surface area contributed by atoms with Crippen LogP contribution in [0, 0.1) is 5.92 Å². The highest BCUT2D eigenvalue weighted by Gasteiger charge is 2.22. The first-order valence-electron chi connectivity index (χ1n) is 9.57. The third-order valence-corrected chi connectivity index (χ3v) is 4.87. The summed E-state index contributed by atoms with van der Waals surface area (Å²) in [5.41, 5.74) is 8.58. The molecule has 4 nitrogen and oxygen atoms in total. The molecule has 1 aliphatic carbocycles. The monoisotopic (exact) mass is 336 g/mol. The number of esters is 1. The van der Waals surface area contributed by atoms with Crippen LogP contribution in [-0.4, -0.2) is 30.1 Å². The van der Waals surface area contributed by atoms with Crippen LogP contribution in [0.3, 0.4) is 0 Å². The van der Waals surface area contributed by atoms with Crippen molar-refractivity contribution in [2.45, 2.75) is 79.2 Å². The van der Waals surface area contributed by atoms with Gasteiger partial charge in [0.25, 0.3) is 0 Å². The maximum atomic E-state index is 11.9. The summed E-state index contributed by atoms with van der Waals surface area (Å²) in [6.07, 6.45) is 8.63. The van der Waals surface area contributed by atoms with E-state index in [0.29, 0.717) is 18.6 Å². The van der Waals surface area contributed by atoms with Crippen molar-refractivity contribution in [1.82, 2.24) is 4.90 Å². The lowest BCUT2D eigenvalue weighted by Gasteiger charge is -2.37. The molecule has 0 saturated heterocycles. The zero-order valence-corrected chi connectivity index (χ0v) is 16.2. The zero-order chi connectivity index (χ0) is 18.1. The molecule has 2 N–H and O–H groups in total. The van der Waals surface area contributed by atoms with Crippen LogP contribution < -0.4 is 5.73 Å². The summed E-state index contributed by atoms with van der Waals surface area (Å²) >= 11 is 0. The van der Waals surface area contributed by atoms with Crippen LogP contribution in [0.15, 0.2) is 23.0 Å². The maximum absolute atomic E-state index is 11.9. The average molecular weight is 337 g/mol. The molecule has 0 aromatic rings. The number of carbonyl (C=O) groups excluding carboxylic acids is 1. The topological polar surface area (TPSA) is 55.6 Å². The van der Waals surface area contributed by atoms with Gasteiger partial charge in [-0.2, -0.15) is 0 Å². The molecular formula is C20H36N2O2. The fourth-order valence-electron chi connectivity index (χ4n) is 3.20. The van der Waals surface area contributed by atoms with Gasteiger partial charge < -0.3 is 15.4 Å². The Kier molecular flexibility index (Phi) is 8.94. The largest absolute Gasteiger partial charge is 0.461 e. The number of hydrogen-bond acceptors (Lipinski definition) is 4. The molecule has 0 spiro atoms. The summed E-state index contributed by atoms with van der Waals surface area (Å²) in [6.45, 7) is 12.3. The number of carbonyl (C=O) groups is 1. The third kappa shape index (κ3) is 5.88. The molecule has 1 rings (SSSR count). The molecule has 0 aromatic heterocycles. The first-order valence-corrected chi connectivity index (χ1v) is 9.57. The van der Waals surface area contributed by atoms with E-state index in [0.717, 1.165) is 31.4 Å². The van der Waals surface area contributed by atoms with Gasteiger partial charge in [0.2, 0.25) is 0 Å². The number of rotatable bonds is 9. The van der Waals surface area contributed by atoms with Crippen LogP contribution in [0.5, 0.6) is 0 Å². The van der Waals surface area contributed by atoms with E-state index >= 15 is 0 Å². The van der Waals surface area contributed by atoms with Gasteiger partial charge in [0.1, 0.15) is 5.70 Å². The van der Waals surface area contributed by atoms with Crippen molar-refractivity contribution in [3.05, 3.63) is 23.0 Å². The van der Waals surface area contributed by atoms with Gasteiger partial charge in [0.05, 0.1) is 6.61 Å². The first-order chi connectivity index (χ1) is 11.4. The minimum Gasteiger partial charge on any atom is -0.461 e. The standard InChI is InChI=1S/C20H36N2O2/c1-6-10-16(5)22(14-15(4)7-2)18-12-9-11-17(13-18)19(21)20(23)24-8-3/h13,15-16H,6-12,14,21H2,1-5H3/b19-17+. The highest BCUT2D eigenvalue weighted by Crippen LogP contribution is 2.29. The average Bonchev–Trinajstić information content (AvgIpc) is 2.59. The molecule has 2 unspecified atom stereocenters. The fourth-order valence-corrected chi connectivity index (χ4v) is 3.20. The van der Waals surface area contributed by atoms with E-state index in [1.54, 1.807) is 6.92 Å². The lowest BCUT2D eigenvalue weighted by molar-refractivity contribution is -0.138. The minimum absolute atomic E-state index is 0.278. The minimum atomic E-state index is -0.389. The molecule has 1 aliphatic rings. The van der Waals surface area contributed by atoms with E-state index < -0.39 is 0 Å². The second kappa shape index (κ2) is 10.4. The van der Waals surface area contributed by atoms with Crippen molar-refractivity contribution >= 4 is 5.97 Å². The Morgan fingerprint density at radius 2 is 2.00 bits per heavy atom. The van der Waals surface area contributed by atoms with Gasteiger partial charge in [-0.25, -0.2) is 4.79 Å². The Morgan fingerprint density at radius 1 is 1.29 bits per heavy atom. The summed E-state index contributed by atoms with van der Waals surface area (Å²) in [6, 6.07) is 0.512. The number of nitrogens with zero attached hydrogens (tertiary/aromatic N) is 1. The second-order valence-electron chi connectivity index (χ2n) is 6.95. The predicted molar refractivity (Wildman–Crippen MR) is 100 cm³/mol. The van der Waals surface area contributed by atoms with Crippen LogP contribution in [-0.2, 0) is 9.53 Å². The highest BCUT2D eigenvalue weighted by atomic mass is 16.5. The Morgan fingerprint density at radius 3 is 2.58 bits per heavy atom. The molecule has 138 valence electrons. The van der Waals surface area contributed by atoms with E-state index in [1.165, 1.54) is 25.0 Å².